The van der Waals surface area contributed by atoms with E-state index in [9.17, 15) is 0 Å². The number of hydrogen-bond donors (Lipinski definition) is 0. The van der Waals surface area contributed by atoms with Crippen LogP contribution in [0.15, 0.2) is 134 Å². The molecule has 46 heavy (non-hydrogen) atoms. The molecule has 0 aliphatic heterocycles. The van der Waals surface area contributed by atoms with Crippen LogP contribution >= 0.6 is 22.6 Å². The van der Waals surface area contributed by atoms with E-state index in [2.05, 4.69) is 167 Å². The van der Waals surface area contributed by atoms with Crippen molar-refractivity contribution >= 4 is 55.2 Å². The van der Waals surface area contributed by atoms with Gasteiger partial charge in [0.05, 0.1) is 11.0 Å². The molecule has 0 fully saturated rings. The van der Waals surface area contributed by atoms with Crippen LogP contribution in [0.2, 0.25) is 0 Å². The normalized spacial score (nSPS) is 11.9. The molecule has 0 saturated heterocycles. The fourth-order valence-corrected chi connectivity index (χ4v) is 6.77. The lowest BCUT2D eigenvalue weighted by molar-refractivity contribution is 0.590. The Morgan fingerprint density at radius 1 is 0.522 bits per heavy atom. The first-order valence-corrected chi connectivity index (χ1v) is 16.5. The van der Waals surface area contributed by atoms with E-state index >= 15 is 0 Å². The number of imidazole rings is 1. The lowest BCUT2D eigenvalue weighted by Crippen LogP contribution is -2.11. The Labute approximate surface area is 282 Å². The number of hydrogen-bond acceptors (Lipinski definition) is 3. The van der Waals surface area contributed by atoms with Crippen LogP contribution in [0, 0.1) is 3.57 Å². The summed E-state index contributed by atoms with van der Waals surface area (Å²) < 4.78 is 3.56. The van der Waals surface area contributed by atoms with Crippen LogP contribution in [0.1, 0.15) is 26.3 Å². The zero-order chi connectivity index (χ0) is 31.4. The lowest BCUT2D eigenvalue weighted by atomic mass is 9.87. The van der Waals surface area contributed by atoms with Gasteiger partial charge in [0.2, 0.25) is 0 Å². The number of pyridine rings is 2. The average Bonchev–Trinajstić information content (AvgIpc) is 3.50. The van der Waals surface area contributed by atoms with Crippen molar-refractivity contribution < 1.29 is 0 Å². The molecule has 0 atom stereocenters. The van der Waals surface area contributed by atoms with E-state index in [1.54, 1.807) is 0 Å². The van der Waals surface area contributed by atoms with Crippen molar-refractivity contribution in [3.05, 3.63) is 143 Å². The fourth-order valence-electron chi connectivity index (χ4n) is 6.41. The van der Waals surface area contributed by atoms with Gasteiger partial charge in [-0.3, -0.25) is 14.5 Å². The molecule has 0 radical (unpaired) electrons. The minimum absolute atomic E-state index is 0.0557. The van der Waals surface area contributed by atoms with E-state index in [0.29, 0.717) is 0 Å². The summed E-state index contributed by atoms with van der Waals surface area (Å²) >= 11 is 2.37. The maximum atomic E-state index is 5.51. The van der Waals surface area contributed by atoms with Gasteiger partial charge in [-0.25, -0.2) is 4.98 Å². The van der Waals surface area contributed by atoms with Crippen molar-refractivity contribution in [3.63, 3.8) is 0 Å². The highest BCUT2D eigenvalue weighted by atomic mass is 127. The van der Waals surface area contributed by atoms with Gasteiger partial charge in [0.15, 0.2) is 0 Å². The second kappa shape index (κ2) is 11.2. The highest BCUT2D eigenvalue weighted by Crippen LogP contribution is 2.42. The molecule has 0 N–H and O–H groups in total. The molecule has 8 aromatic rings. The summed E-state index contributed by atoms with van der Waals surface area (Å²) in [5.74, 6) is 0.923. The number of nitrogens with zero attached hydrogens (tertiary/aromatic N) is 4. The molecule has 0 saturated carbocycles. The van der Waals surface area contributed by atoms with Gasteiger partial charge < -0.3 is 0 Å². The Morgan fingerprint density at radius 3 is 1.61 bits per heavy atom. The number of aromatic nitrogens is 4. The van der Waals surface area contributed by atoms with Crippen LogP contribution in [0.4, 0.5) is 0 Å². The smallest absolute Gasteiger partial charge is 0.145 e. The molecule has 8 rings (SSSR count). The van der Waals surface area contributed by atoms with Crippen LogP contribution in [-0.4, -0.2) is 19.5 Å². The van der Waals surface area contributed by atoms with Gasteiger partial charge in [-0.2, -0.15) is 0 Å². The topological polar surface area (TPSA) is 43.6 Å². The van der Waals surface area contributed by atoms with Crippen LogP contribution < -0.4 is 0 Å². The van der Waals surface area contributed by atoms with Gasteiger partial charge >= 0.3 is 0 Å². The molecule has 0 amide bonds. The Bertz CT molecular complexity index is 2370. The molecular formula is C41H31IN4. The molecule has 3 heterocycles. The van der Waals surface area contributed by atoms with Crippen molar-refractivity contribution in [2.45, 2.75) is 26.2 Å². The highest BCUT2D eigenvalue weighted by Gasteiger charge is 2.22. The Kier molecular flexibility index (Phi) is 6.94. The van der Waals surface area contributed by atoms with E-state index in [4.69, 9.17) is 4.98 Å². The molecule has 0 bridgehead atoms. The van der Waals surface area contributed by atoms with Gasteiger partial charge in [0.25, 0.3) is 0 Å². The molecule has 4 nitrogen and oxygen atoms in total. The van der Waals surface area contributed by atoms with Crippen LogP contribution in [0.25, 0.3) is 71.9 Å². The molecule has 222 valence electrons. The van der Waals surface area contributed by atoms with Crippen molar-refractivity contribution in [2.24, 2.45) is 0 Å². The zero-order valence-electron chi connectivity index (χ0n) is 25.9. The van der Waals surface area contributed by atoms with Crippen LogP contribution in [0.5, 0.6) is 0 Å². The third-order valence-electron chi connectivity index (χ3n) is 8.84. The minimum atomic E-state index is 0.0557. The monoisotopic (exact) mass is 706 g/mol. The maximum Gasteiger partial charge on any atom is 0.145 e. The first kappa shape index (κ1) is 28.6. The standard InChI is InChI=1S/C41H31IN4/c1-41(2,3)31-8-12-33(13-9-31)46-39-37-25-30(27-18-22-44-23-19-27)7-15-35(37)34-14-6-29(26-16-20-43-21-17-26)24-36(34)38(39)45-40(46)28-4-10-32(42)11-5-28/h4-25H,1-3H3. The molecule has 5 aromatic carbocycles. The van der Waals surface area contributed by atoms with Gasteiger partial charge in [-0.1, -0.05) is 69.3 Å². The molecule has 3 aromatic heterocycles. The Balaban J connectivity index is 1.53. The third kappa shape index (κ3) is 4.95. The molecule has 0 aliphatic rings. The second-order valence-corrected chi connectivity index (χ2v) is 14.0. The summed E-state index contributed by atoms with van der Waals surface area (Å²) in [5, 5.41) is 4.68. The first-order valence-electron chi connectivity index (χ1n) is 15.4. The van der Waals surface area contributed by atoms with E-state index in [1.807, 2.05) is 24.8 Å². The van der Waals surface area contributed by atoms with Gasteiger partial charge in [0.1, 0.15) is 5.82 Å². The third-order valence-corrected chi connectivity index (χ3v) is 9.56. The summed E-state index contributed by atoms with van der Waals surface area (Å²) in [6.07, 6.45) is 7.40. The Hall–Kier alpha value is -4.88. The largest absolute Gasteiger partial charge is 0.292 e. The van der Waals surface area contributed by atoms with E-state index < -0.39 is 0 Å². The quantitative estimate of drug-likeness (QED) is 0.135. The summed E-state index contributed by atoms with van der Waals surface area (Å²) in [4.78, 5) is 14.0. The summed E-state index contributed by atoms with van der Waals surface area (Å²) in [5.41, 5.74) is 10.2. The Morgan fingerprint density at radius 2 is 1.04 bits per heavy atom. The van der Waals surface area contributed by atoms with Crippen LogP contribution in [0.3, 0.4) is 0 Å². The second-order valence-electron chi connectivity index (χ2n) is 12.8. The SMILES string of the molecule is CC(C)(C)c1ccc(-n2c(-c3ccc(I)cc3)nc3c4cc(-c5ccncc5)ccc4c4ccc(-c5ccncc5)cc4c32)cc1. The average molecular weight is 707 g/mol. The molecule has 0 unspecified atom stereocenters. The van der Waals surface area contributed by atoms with E-state index in [0.717, 1.165) is 61.1 Å². The number of halogens is 1. The highest BCUT2D eigenvalue weighted by molar-refractivity contribution is 14.1. The lowest BCUT2D eigenvalue weighted by Gasteiger charge is -2.20. The van der Waals surface area contributed by atoms with Crippen molar-refractivity contribution in [1.82, 2.24) is 19.5 Å². The fraction of sp³-hybridized carbons (Fsp3) is 0.0976. The predicted octanol–water partition coefficient (Wildman–Crippen LogP) is 11.0. The maximum absolute atomic E-state index is 5.51. The molecule has 0 spiro atoms. The van der Waals surface area contributed by atoms with Crippen molar-refractivity contribution in [3.8, 4) is 39.3 Å². The minimum Gasteiger partial charge on any atom is -0.292 e. The summed E-state index contributed by atoms with van der Waals surface area (Å²) in [6, 6.07) is 39.5. The van der Waals surface area contributed by atoms with E-state index in [1.165, 1.54) is 19.9 Å². The number of benzene rings is 5. The van der Waals surface area contributed by atoms with Gasteiger partial charge in [0, 0.05) is 50.4 Å². The van der Waals surface area contributed by atoms with Crippen molar-refractivity contribution in [2.75, 3.05) is 0 Å². The zero-order valence-corrected chi connectivity index (χ0v) is 28.0. The van der Waals surface area contributed by atoms with Gasteiger partial charge in [-0.05, 0) is 127 Å². The number of fused-ring (bicyclic) bond motifs is 6. The first-order chi connectivity index (χ1) is 22.3. The molecule has 0 aliphatic carbocycles. The van der Waals surface area contributed by atoms with Crippen LogP contribution in [-0.2, 0) is 5.41 Å². The summed E-state index contributed by atoms with van der Waals surface area (Å²) in [7, 11) is 0. The van der Waals surface area contributed by atoms with Crippen molar-refractivity contribution in [1.29, 1.82) is 0 Å². The number of rotatable bonds is 4. The molecule has 5 heteroatoms. The predicted molar refractivity (Wildman–Crippen MR) is 199 cm³/mol. The van der Waals surface area contributed by atoms with Gasteiger partial charge in [-0.15, -0.1) is 0 Å². The molecular weight excluding hydrogens is 675 g/mol. The van der Waals surface area contributed by atoms with E-state index in [-0.39, 0.29) is 5.41 Å². The summed E-state index contributed by atoms with van der Waals surface area (Å²) in [6.45, 7) is 6.77.